The van der Waals surface area contributed by atoms with E-state index in [0.29, 0.717) is 9.49 Å². The molecule has 0 unspecified atom stereocenters. The molecule has 0 spiro atoms. The SMILES string of the molecule is CC(C)(C)NCC(C)(C)SC(C)(C)C. The van der Waals surface area contributed by atoms with Gasteiger partial charge in [0.25, 0.3) is 0 Å². The van der Waals surface area contributed by atoms with Crippen LogP contribution in [0, 0.1) is 0 Å². The van der Waals surface area contributed by atoms with Gasteiger partial charge in [0.15, 0.2) is 0 Å². The van der Waals surface area contributed by atoms with E-state index in [-0.39, 0.29) is 5.54 Å². The number of hydrogen-bond acceptors (Lipinski definition) is 2. The molecule has 0 aliphatic carbocycles. The quantitative estimate of drug-likeness (QED) is 0.774. The van der Waals surface area contributed by atoms with Crippen molar-refractivity contribution in [3.05, 3.63) is 0 Å². The Morgan fingerprint density at radius 1 is 0.857 bits per heavy atom. The van der Waals surface area contributed by atoms with Crippen LogP contribution in [0.15, 0.2) is 0 Å². The standard InChI is InChI=1S/C12H27NS/c1-10(2,3)13-9-12(7,8)14-11(4,5)6/h13H,9H2,1-8H3. The van der Waals surface area contributed by atoms with E-state index in [4.69, 9.17) is 0 Å². The van der Waals surface area contributed by atoms with E-state index in [1.165, 1.54) is 0 Å². The summed E-state index contributed by atoms with van der Waals surface area (Å²) in [7, 11) is 0. The van der Waals surface area contributed by atoms with Gasteiger partial charge in [0.1, 0.15) is 0 Å². The fraction of sp³-hybridized carbons (Fsp3) is 1.00. The minimum atomic E-state index is 0.218. The van der Waals surface area contributed by atoms with Gasteiger partial charge in [-0.05, 0) is 34.6 Å². The normalized spacial score (nSPS) is 14.6. The molecule has 0 bridgehead atoms. The Morgan fingerprint density at radius 3 is 1.57 bits per heavy atom. The van der Waals surface area contributed by atoms with E-state index in [0.717, 1.165) is 6.54 Å². The van der Waals surface area contributed by atoms with E-state index in [9.17, 15) is 0 Å². The number of nitrogens with one attached hydrogen (secondary N) is 1. The van der Waals surface area contributed by atoms with Crippen LogP contribution in [0.4, 0.5) is 0 Å². The smallest absolute Gasteiger partial charge is 0.0233 e. The van der Waals surface area contributed by atoms with Crippen molar-refractivity contribution in [2.24, 2.45) is 0 Å². The van der Waals surface area contributed by atoms with Crippen LogP contribution in [0.25, 0.3) is 0 Å². The molecule has 0 aromatic heterocycles. The maximum absolute atomic E-state index is 3.56. The Bertz CT molecular complexity index is 172. The highest BCUT2D eigenvalue weighted by Gasteiger charge is 2.27. The van der Waals surface area contributed by atoms with Crippen LogP contribution in [0.5, 0.6) is 0 Å². The molecule has 0 amide bonds. The predicted octanol–water partition coefficient (Wildman–Crippen LogP) is 3.68. The highest BCUT2D eigenvalue weighted by atomic mass is 32.2. The summed E-state index contributed by atoms with van der Waals surface area (Å²) in [4.78, 5) is 0. The van der Waals surface area contributed by atoms with Crippen molar-refractivity contribution in [2.75, 3.05) is 6.54 Å². The molecule has 0 rings (SSSR count). The third kappa shape index (κ3) is 8.89. The Kier molecular flexibility index (Phi) is 4.54. The van der Waals surface area contributed by atoms with Crippen LogP contribution < -0.4 is 5.32 Å². The summed E-state index contributed by atoms with van der Waals surface area (Å²) in [6.07, 6.45) is 0. The number of rotatable bonds is 3. The van der Waals surface area contributed by atoms with Gasteiger partial charge in [-0.25, -0.2) is 0 Å². The van der Waals surface area contributed by atoms with Crippen LogP contribution in [-0.2, 0) is 0 Å². The zero-order valence-electron chi connectivity index (χ0n) is 11.1. The highest BCUT2D eigenvalue weighted by molar-refractivity contribution is 8.01. The Labute approximate surface area is 94.4 Å². The van der Waals surface area contributed by atoms with Gasteiger partial charge in [-0.15, -0.1) is 11.8 Å². The molecule has 0 saturated carbocycles. The third-order valence-corrected chi connectivity index (χ3v) is 2.94. The molecular weight excluding hydrogens is 190 g/mol. The van der Waals surface area contributed by atoms with Crippen molar-refractivity contribution in [3.63, 3.8) is 0 Å². The van der Waals surface area contributed by atoms with E-state index in [2.05, 4.69) is 60.7 Å². The molecule has 0 radical (unpaired) electrons. The van der Waals surface area contributed by atoms with Crippen molar-refractivity contribution in [3.8, 4) is 0 Å². The molecule has 0 aromatic rings. The zero-order chi connectivity index (χ0) is 11.6. The lowest BCUT2D eigenvalue weighted by atomic mass is 10.1. The number of thioether (sulfide) groups is 1. The van der Waals surface area contributed by atoms with Crippen LogP contribution in [0.3, 0.4) is 0 Å². The molecule has 86 valence electrons. The maximum Gasteiger partial charge on any atom is 0.0233 e. The molecule has 0 aliphatic heterocycles. The Morgan fingerprint density at radius 2 is 1.29 bits per heavy atom. The summed E-state index contributed by atoms with van der Waals surface area (Å²) in [5.74, 6) is 0. The molecule has 1 nitrogen and oxygen atoms in total. The lowest BCUT2D eigenvalue weighted by molar-refractivity contribution is 0.405. The van der Waals surface area contributed by atoms with E-state index >= 15 is 0 Å². The van der Waals surface area contributed by atoms with Crippen molar-refractivity contribution in [2.45, 2.75) is 70.4 Å². The molecular formula is C12H27NS. The van der Waals surface area contributed by atoms with E-state index in [1.807, 2.05) is 11.8 Å². The average Bonchev–Trinajstić information content (AvgIpc) is 1.76. The largest absolute Gasteiger partial charge is 0.311 e. The molecule has 14 heavy (non-hydrogen) atoms. The first-order valence-corrected chi connectivity index (χ1v) is 6.18. The van der Waals surface area contributed by atoms with Gasteiger partial charge in [0.2, 0.25) is 0 Å². The first kappa shape index (κ1) is 14.3. The highest BCUT2D eigenvalue weighted by Crippen LogP contribution is 2.35. The topological polar surface area (TPSA) is 12.0 Å². The summed E-state index contributed by atoms with van der Waals surface area (Å²) in [6, 6.07) is 0. The Hall–Kier alpha value is 0.310. The lowest BCUT2D eigenvalue weighted by Gasteiger charge is -2.35. The van der Waals surface area contributed by atoms with Crippen LogP contribution in [0.1, 0.15) is 55.4 Å². The maximum atomic E-state index is 3.56. The monoisotopic (exact) mass is 217 g/mol. The number of hydrogen-bond donors (Lipinski definition) is 1. The van der Waals surface area contributed by atoms with Crippen LogP contribution >= 0.6 is 11.8 Å². The molecule has 0 aromatic carbocycles. The molecule has 0 saturated heterocycles. The summed E-state index contributed by atoms with van der Waals surface area (Å²) in [5.41, 5.74) is 0.218. The van der Waals surface area contributed by atoms with Gasteiger partial charge in [-0.2, -0.15) is 0 Å². The van der Waals surface area contributed by atoms with Crippen LogP contribution in [-0.4, -0.2) is 21.6 Å². The van der Waals surface area contributed by atoms with Crippen LogP contribution in [0.2, 0.25) is 0 Å². The van der Waals surface area contributed by atoms with Gasteiger partial charge in [-0.3, -0.25) is 0 Å². The minimum Gasteiger partial charge on any atom is -0.311 e. The predicted molar refractivity (Wildman–Crippen MR) is 69.2 cm³/mol. The fourth-order valence-electron chi connectivity index (χ4n) is 1.34. The molecule has 2 heteroatoms. The first-order chi connectivity index (χ1) is 5.91. The second kappa shape index (κ2) is 4.44. The summed E-state index contributed by atoms with van der Waals surface area (Å²) in [6.45, 7) is 19.1. The van der Waals surface area contributed by atoms with Crippen molar-refractivity contribution >= 4 is 11.8 Å². The van der Waals surface area contributed by atoms with E-state index < -0.39 is 0 Å². The van der Waals surface area contributed by atoms with Crippen molar-refractivity contribution in [1.82, 2.24) is 5.32 Å². The second-order valence-corrected chi connectivity index (χ2v) is 9.11. The first-order valence-electron chi connectivity index (χ1n) is 5.37. The molecule has 1 N–H and O–H groups in total. The van der Waals surface area contributed by atoms with Gasteiger partial charge in [-0.1, -0.05) is 20.8 Å². The molecule has 0 heterocycles. The second-order valence-electron chi connectivity index (χ2n) is 6.58. The van der Waals surface area contributed by atoms with Gasteiger partial charge in [0, 0.05) is 21.6 Å². The molecule has 0 aliphatic rings. The van der Waals surface area contributed by atoms with Gasteiger partial charge < -0.3 is 5.32 Å². The summed E-state index contributed by atoms with van der Waals surface area (Å²) < 4.78 is 0.634. The minimum absolute atomic E-state index is 0.218. The van der Waals surface area contributed by atoms with E-state index in [1.54, 1.807) is 0 Å². The third-order valence-electron chi connectivity index (χ3n) is 1.63. The van der Waals surface area contributed by atoms with Crippen molar-refractivity contribution < 1.29 is 0 Å². The zero-order valence-corrected chi connectivity index (χ0v) is 11.9. The summed E-state index contributed by atoms with van der Waals surface area (Å²) in [5, 5.41) is 3.56. The lowest BCUT2D eigenvalue weighted by Crippen LogP contribution is -2.44. The van der Waals surface area contributed by atoms with Gasteiger partial charge >= 0.3 is 0 Å². The van der Waals surface area contributed by atoms with Gasteiger partial charge in [0.05, 0.1) is 0 Å². The molecule has 0 atom stereocenters. The Balaban J connectivity index is 4.09. The fourth-order valence-corrected chi connectivity index (χ4v) is 3.15. The molecule has 0 fully saturated rings. The average molecular weight is 217 g/mol. The summed E-state index contributed by atoms with van der Waals surface area (Å²) >= 11 is 2.04. The van der Waals surface area contributed by atoms with Crippen molar-refractivity contribution in [1.29, 1.82) is 0 Å².